The maximum atomic E-state index is 13.6. The number of Topliss-reactive ketones (excluding diaryl/α,β-unsaturated/α-hetero) is 1. The van der Waals surface area contributed by atoms with E-state index in [4.69, 9.17) is 0 Å². The van der Waals surface area contributed by atoms with Gasteiger partial charge in [-0.3, -0.25) is 4.79 Å². The molecule has 0 aromatic heterocycles. The van der Waals surface area contributed by atoms with Crippen molar-refractivity contribution in [3.63, 3.8) is 0 Å². The summed E-state index contributed by atoms with van der Waals surface area (Å²) in [6.45, 7) is 4.67. The molecule has 0 heterocycles. The van der Waals surface area contributed by atoms with Crippen LogP contribution >= 0.6 is 0 Å². The van der Waals surface area contributed by atoms with E-state index in [1.807, 2.05) is 0 Å². The summed E-state index contributed by atoms with van der Waals surface area (Å²) >= 11 is 0. The van der Waals surface area contributed by atoms with Gasteiger partial charge in [0.05, 0.1) is 5.56 Å². The van der Waals surface area contributed by atoms with Crippen LogP contribution in [0.5, 0.6) is 0 Å². The van der Waals surface area contributed by atoms with Crippen LogP contribution in [0.2, 0.25) is 0 Å². The minimum atomic E-state index is -1.62. The predicted octanol–water partition coefficient (Wildman–Crippen LogP) is 3.01. The second kappa shape index (κ2) is 4.92. The van der Waals surface area contributed by atoms with E-state index in [1.54, 1.807) is 13.8 Å². The molecule has 0 unspecified atom stereocenters. The van der Waals surface area contributed by atoms with Crippen LogP contribution < -0.4 is 0 Å². The van der Waals surface area contributed by atoms with Gasteiger partial charge in [0.1, 0.15) is 5.60 Å². The van der Waals surface area contributed by atoms with Gasteiger partial charge >= 0.3 is 0 Å². The molecular weight excluding hydrogens is 226 g/mol. The highest BCUT2D eigenvalue weighted by Crippen LogP contribution is 2.24. The molecule has 0 saturated heterocycles. The van der Waals surface area contributed by atoms with E-state index in [1.165, 1.54) is 19.1 Å². The number of hydrogen-bond donors (Lipinski definition) is 1. The fourth-order valence-electron chi connectivity index (χ4n) is 1.64. The molecule has 0 fully saturated rings. The zero-order chi connectivity index (χ0) is 13.2. The van der Waals surface area contributed by atoms with Gasteiger partial charge in [-0.15, -0.1) is 0 Å². The normalized spacial score (nSPS) is 11.6. The third kappa shape index (κ3) is 2.36. The quantitative estimate of drug-likeness (QED) is 0.824. The molecule has 0 aliphatic heterocycles. The predicted molar refractivity (Wildman–Crippen MR) is 61.0 cm³/mol. The summed E-state index contributed by atoms with van der Waals surface area (Å²) in [7, 11) is 0. The molecule has 0 atom stereocenters. The van der Waals surface area contributed by atoms with Crippen molar-refractivity contribution in [3.8, 4) is 0 Å². The molecule has 0 amide bonds. The maximum absolute atomic E-state index is 13.6. The Balaban J connectivity index is 3.27. The van der Waals surface area contributed by atoms with Crippen LogP contribution in [0.25, 0.3) is 0 Å². The highest BCUT2D eigenvalue weighted by Gasteiger charge is 2.35. The Hall–Kier alpha value is -1.29. The summed E-state index contributed by atoms with van der Waals surface area (Å²) in [4.78, 5) is 12.0. The molecule has 0 spiro atoms. The third-order valence-corrected chi connectivity index (χ3v) is 3.11. The first-order valence-corrected chi connectivity index (χ1v) is 5.59. The molecule has 4 heteroatoms. The molecule has 0 aliphatic carbocycles. The minimum Gasteiger partial charge on any atom is -0.382 e. The fraction of sp³-hybridized carbons (Fsp3) is 0.462. The maximum Gasteiger partial charge on any atom is 0.197 e. The molecule has 1 rings (SSSR count). The molecule has 1 aromatic carbocycles. The lowest BCUT2D eigenvalue weighted by Gasteiger charge is -2.23. The fourth-order valence-corrected chi connectivity index (χ4v) is 1.64. The minimum absolute atomic E-state index is 0.135. The summed E-state index contributed by atoms with van der Waals surface area (Å²) in [6, 6.07) is 2.55. The number of ketones is 1. The first-order valence-electron chi connectivity index (χ1n) is 5.59. The van der Waals surface area contributed by atoms with Crippen molar-refractivity contribution >= 4 is 5.78 Å². The lowest BCUT2D eigenvalue weighted by atomic mass is 9.87. The van der Waals surface area contributed by atoms with Crippen LogP contribution in [-0.2, 0) is 0 Å². The Bertz CT molecular complexity index is 437. The van der Waals surface area contributed by atoms with Gasteiger partial charge in [-0.05, 0) is 31.4 Å². The Morgan fingerprint density at radius 2 is 1.76 bits per heavy atom. The molecular formula is C13H16F2O2. The van der Waals surface area contributed by atoms with Gasteiger partial charge in [-0.25, -0.2) is 8.78 Å². The second-order valence-corrected chi connectivity index (χ2v) is 4.13. The van der Waals surface area contributed by atoms with Gasteiger partial charge in [0, 0.05) is 0 Å². The molecule has 94 valence electrons. The Morgan fingerprint density at radius 1 is 1.24 bits per heavy atom. The highest BCUT2D eigenvalue weighted by atomic mass is 19.2. The van der Waals surface area contributed by atoms with Gasteiger partial charge in [0.25, 0.3) is 0 Å². The lowest BCUT2D eigenvalue weighted by molar-refractivity contribution is 0.0273. The SMILES string of the molecule is CCC(O)(CC)C(=O)c1ccc(C)c(F)c1F. The molecule has 0 saturated carbocycles. The van der Waals surface area contributed by atoms with Crippen molar-refractivity contribution in [1.29, 1.82) is 0 Å². The summed E-state index contributed by atoms with van der Waals surface area (Å²) in [5, 5.41) is 10.00. The number of aryl methyl sites for hydroxylation is 1. The first-order chi connectivity index (χ1) is 7.87. The van der Waals surface area contributed by atoms with Crippen molar-refractivity contribution < 1.29 is 18.7 Å². The van der Waals surface area contributed by atoms with E-state index in [0.29, 0.717) is 0 Å². The van der Waals surface area contributed by atoms with Crippen LogP contribution in [-0.4, -0.2) is 16.5 Å². The molecule has 0 radical (unpaired) electrons. The lowest BCUT2D eigenvalue weighted by Crippen LogP contribution is -2.37. The van der Waals surface area contributed by atoms with Gasteiger partial charge < -0.3 is 5.11 Å². The standard InChI is InChI=1S/C13H16F2O2/c1-4-13(17,5-2)12(16)9-7-6-8(3)10(14)11(9)15/h6-7,17H,4-5H2,1-3H3. The van der Waals surface area contributed by atoms with E-state index in [2.05, 4.69) is 0 Å². The number of carbonyl (C=O) groups is 1. The van der Waals surface area contributed by atoms with Crippen LogP contribution in [0.3, 0.4) is 0 Å². The number of benzene rings is 1. The molecule has 1 aromatic rings. The zero-order valence-corrected chi connectivity index (χ0v) is 10.2. The van der Waals surface area contributed by atoms with E-state index < -0.39 is 23.0 Å². The van der Waals surface area contributed by atoms with E-state index in [9.17, 15) is 18.7 Å². The number of halogens is 2. The monoisotopic (exact) mass is 242 g/mol. The van der Waals surface area contributed by atoms with Crippen molar-refractivity contribution in [2.24, 2.45) is 0 Å². The smallest absolute Gasteiger partial charge is 0.197 e. The number of rotatable bonds is 4. The largest absolute Gasteiger partial charge is 0.382 e. The summed E-state index contributed by atoms with van der Waals surface area (Å²) < 4.78 is 26.9. The molecule has 17 heavy (non-hydrogen) atoms. The van der Waals surface area contributed by atoms with Crippen LogP contribution in [0.4, 0.5) is 8.78 Å². The summed E-state index contributed by atoms with van der Waals surface area (Å²) in [6.07, 6.45) is 0.328. The average molecular weight is 242 g/mol. The molecule has 2 nitrogen and oxygen atoms in total. The van der Waals surface area contributed by atoms with Crippen molar-refractivity contribution in [2.45, 2.75) is 39.2 Å². The van der Waals surface area contributed by atoms with E-state index in [0.717, 1.165) is 0 Å². The Kier molecular flexibility index (Phi) is 3.98. The number of carbonyl (C=O) groups excluding carboxylic acids is 1. The van der Waals surface area contributed by atoms with Crippen LogP contribution in [0, 0.1) is 18.6 Å². The zero-order valence-electron chi connectivity index (χ0n) is 10.2. The number of aliphatic hydroxyl groups is 1. The van der Waals surface area contributed by atoms with Crippen molar-refractivity contribution in [1.82, 2.24) is 0 Å². The highest BCUT2D eigenvalue weighted by molar-refractivity contribution is 6.02. The van der Waals surface area contributed by atoms with Crippen molar-refractivity contribution in [2.75, 3.05) is 0 Å². The van der Waals surface area contributed by atoms with Gasteiger partial charge in [-0.2, -0.15) is 0 Å². The van der Waals surface area contributed by atoms with E-state index >= 15 is 0 Å². The topological polar surface area (TPSA) is 37.3 Å². The summed E-state index contributed by atoms with van der Waals surface area (Å²) in [5.74, 6) is -2.99. The van der Waals surface area contributed by atoms with Crippen molar-refractivity contribution in [3.05, 3.63) is 34.9 Å². The van der Waals surface area contributed by atoms with Gasteiger partial charge in [0.15, 0.2) is 17.4 Å². The van der Waals surface area contributed by atoms with Gasteiger partial charge in [0.2, 0.25) is 0 Å². The number of hydrogen-bond acceptors (Lipinski definition) is 2. The second-order valence-electron chi connectivity index (χ2n) is 4.13. The Labute approximate surface area is 99.3 Å². The van der Waals surface area contributed by atoms with Gasteiger partial charge in [-0.1, -0.05) is 19.9 Å². The molecule has 0 aliphatic rings. The van der Waals surface area contributed by atoms with Crippen LogP contribution in [0.15, 0.2) is 12.1 Å². The summed E-state index contributed by atoms with van der Waals surface area (Å²) in [5.41, 5.74) is -1.88. The van der Waals surface area contributed by atoms with Crippen LogP contribution in [0.1, 0.15) is 42.6 Å². The third-order valence-electron chi connectivity index (χ3n) is 3.11. The Morgan fingerprint density at radius 3 is 2.24 bits per heavy atom. The first kappa shape index (κ1) is 13.8. The molecule has 1 N–H and O–H groups in total. The average Bonchev–Trinajstić information content (AvgIpc) is 2.34. The molecule has 0 bridgehead atoms. The van der Waals surface area contributed by atoms with E-state index in [-0.39, 0.29) is 24.0 Å².